The van der Waals surface area contributed by atoms with Crippen molar-refractivity contribution < 1.29 is 0 Å². The molecule has 1 heterocycles. The standard InChI is InChI=1S/C15H18BrNS/c1-10-8-9-18-15(10)12(3)17-11(2)13-6-4-5-7-14(13)16/h4-9,11-12,17H,1-3H3. The fourth-order valence-corrected chi connectivity index (χ4v) is 3.77. The highest BCUT2D eigenvalue weighted by Gasteiger charge is 2.15. The second-order valence-electron chi connectivity index (χ2n) is 4.60. The Morgan fingerprint density at radius 3 is 2.44 bits per heavy atom. The molecule has 0 spiro atoms. The highest BCUT2D eigenvalue weighted by Crippen LogP contribution is 2.28. The third-order valence-corrected chi connectivity index (χ3v) is 5.09. The highest BCUT2D eigenvalue weighted by molar-refractivity contribution is 9.10. The van der Waals surface area contributed by atoms with Crippen LogP contribution < -0.4 is 5.32 Å². The minimum atomic E-state index is 0.331. The summed E-state index contributed by atoms with van der Waals surface area (Å²) in [6.07, 6.45) is 0. The molecule has 3 heteroatoms. The Bertz CT molecular complexity index is 521. The van der Waals surface area contributed by atoms with E-state index in [1.165, 1.54) is 20.5 Å². The van der Waals surface area contributed by atoms with E-state index in [-0.39, 0.29) is 0 Å². The summed E-state index contributed by atoms with van der Waals surface area (Å²) in [4.78, 5) is 1.42. The van der Waals surface area contributed by atoms with Crippen LogP contribution in [0.3, 0.4) is 0 Å². The summed E-state index contributed by atoms with van der Waals surface area (Å²) < 4.78 is 1.17. The summed E-state index contributed by atoms with van der Waals surface area (Å²) in [5, 5.41) is 5.82. The third-order valence-electron chi connectivity index (χ3n) is 3.17. The van der Waals surface area contributed by atoms with Gasteiger partial charge in [-0.25, -0.2) is 0 Å². The summed E-state index contributed by atoms with van der Waals surface area (Å²) in [6, 6.07) is 11.3. The average molecular weight is 324 g/mol. The molecule has 0 saturated carbocycles. The van der Waals surface area contributed by atoms with Crippen LogP contribution in [0.5, 0.6) is 0 Å². The molecule has 0 amide bonds. The molecule has 1 aromatic heterocycles. The molecule has 0 bridgehead atoms. The van der Waals surface area contributed by atoms with Gasteiger partial charge in [-0.15, -0.1) is 11.3 Å². The number of thiophene rings is 1. The van der Waals surface area contributed by atoms with E-state index < -0.39 is 0 Å². The number of hydrogen-bond donors (Lipinski definition) is 1. The maximum Gasteiger partial charge on any atom is 0.0393 e. The maximum atomic E-state index is 3.66. The van der Waals surface area contributed by atoms with Gasteiger partial charge in [0.15, 0.2) is 0 Å². The van der Waals surface area contributed by atoms with Crippen LogP contribution in [0.1, 0.15) is 41.9 Å². The lowest BCUT2D eigenvalue weighted by Crippen LogP contribution is -2.22. The Morgan fingerprint density at radius 1 is 1.11 bits per heavy atom. The Labute approximate surface area is 121 Å². The second kappa shape index (κ2) is 6.00. The molecule has 0 fully saturated rings. The van der Waals surface area contributed by atoms with E-state index in [9.17, 15) is 0 Å². The van der Waals surface area contributed by atoms with Crippen molar-refractivity contribution in [3.05, 3.63) is 56.2 Å². The van der Waals surface area contributed by atoms with Crippen LogP contribution in [0.2, 0.25) is 0 Å². The minimum absolute atomic E-state index is 0.331. The third kappa shape index (κ3) is 3.02. The lowest BCUT2D eigenvalue weighted by atomic mass is 10.1. The van der Waals surface area contributed by atoms with Crippen molar-refractivity contribution in [2.45, 2.75) is 32.9 Å². The van der Waals surface area contributed by atoms with E-state index in [0.717, 1.165) is 0 Å². The van der Waals surface area contributed by atoms with Crippen molar-refractivity contribution in [2.75, 3.05) is 0 Å². The second-order valence-corrected chi connectivity index (χ2v) is 6.40. The summed E-state index contributed by atoms with van der Waals surface area (Å²) >= 11 is 5.44. The first-order valence-electron chi connectivity index (χ1n) is 6.14. The molecule has 2 aromatic rings. The Morgan fingerprint density at radius 2 is 1.83 bits per heavy atom. The summed E-state index contributed by atoms with van der Waals surface area (Å²) in [7, 11) is 0. The summed E-state index contributed by atoms with van der Waals surface area (Å²) in [5.41, 5.74) is 2.68. The first kappa shape index (κ1) is 13.8. The molecule has 1 N–H and O–H groups in total. The molecule has 1 aromatic carbocycles. The number of hydrogen-bond acceptors (Lipinski definition) is 2. The van der Waals surface area contributed by atoms with Gasteiger partial charge in [-0.2, -0.15) is 0 Å². The molecule has 0 aliphatic rings. The van der Waals surface area contributed by atoms with Crippen molar-refractivity contribution in [3.8, 4) is 0 Å². The first-order chi connectivity index (χ1) is 8.59. The van der Waals surface area contributed by atoms with Gasteiger partial charge in [-0.05, 0) is 49.4 Å². The predicted molar refractivity (Wildman–Crippen MR) is 83.2 cm³/mol. The van der Waals surface area contributed by atoms with Gasteiger partial charge in [0.05, 0.1) is 0 Å². The van der Waals surface area contributed by atoms with Gasteiger partial charge in [0.2, 0.25) is 0 Å². The molecule has 96 valence electrons. The van der Waals surface area contributed by atoms with Crippen molar-refractivity contribution in [1.29, 1.82) is 0 Å². The van der Waals surface area contributed by atoms with Gasteiger partial charge >= 0.3 is 0 Å². The number of benzene rings is 1. The van der Waals surface area contributed by atoms with Crippen LogP contribution in [-0.2, 0) is 0 Å². The van der Waals surface area contributed by atoms with Crippen LogP contribution in [0, 0.1) is 6.92 Å². The zero-order valence-corrected chi connectivity index (χ0v) is 13.3. The molecular weight excluding hydrogens is 306 g/mol. The molecule has 1 nitrogen and oxygen atoms in total. The van der Waals surface area contributed by atoms with Gasteiger partial charge < -0.3 is 5.32 Å². The highest BCUT2D eigenvalue weighted by atomic mass is 79.9. The number of rotatable bonds is 4. The Hall–Kier alpha value is -0.640. The monoisotopic (exact) mass is 323 g/mol. The van der Waals surface area contributed by atoms with E-state index in [1.54, 1.807) is 0 Å². The van der Waals surface area contributed by atoms with E-state index in [2.05, 4.69) is 71.7 Å². The number of nitrogens with one attached hydrogen (secondary N) is 1. The van der Waals surface area contributed by atoms with Crippen LogP contribution in [0.25, 0.3) is 0 Å². The van der Waals surface area contributed by atoms with Crippen LogP contribution in [0.15, 0.2) is 40.2 Å². The fraction of sp³-hybridized carbons (Fsp3) is 0.333. The topological polar surface area (TPSA) is 12.0 Å². The SMILES string of the molecule is Cc1ccsc1C(C)NC(C)c1ccccc1Br. The lowest BCUT2D eigenvalue weighted by Gasteiger charge is -2.21. The van der Waals surface area contributed by atoms with Crippen LogP contribution in [-0.4, -0.2) is 0 Å². The summed E-state index contributed by atoms with van der Waals surface area (Å²) in [6.45, 7) is 6.61. The molecule has 18 heavy (non-hydrogen) atoms. The van der Waals surface area contributed by atoms with E-state index in [0.29, 0.717) is 12.1 Å². The van der Waals surface area contributed by atoms with Crippen molar-refractivity contribution in [2.24, 2.45) is 0 Å². The predicted octanol–water partition coefficient (Wildman–Crippen LogP) is 5.23. The van der Waals surface area contributed by atoms with Gasteiger partial charge in [-0.3, -0.25) is 0 Å². The molecule has 0 aliphatic heterocycles. The largest absolute Gasteiger partial charge is 0.303 e. The minimum Gasteiger partial charge on any atom is -0.303 e. The first-order valence-corrected chi connectivity index (χ1v) is 7.81. The van der Waals surface area contributed by atoms with Crippen molar-refractivity contribution in [3.63, 3.8) is 0 Å². The van der Waals surface area contributed by atoms with Crippen LogP contribution >= 0.6 is 27.3 Å². The zero-order valence-electron chi connectivity index (χ0n) is 10.9. The molecule has 2 rings (SSSR count). The van der Waals surface area contributed by atoms with Gasteiger partial charge in [0, 0.05) is 21.4 Å². The van der Waals surface area contributed by atoms with E-state index >= 15 is 0 Å². The Kier molecular flexibility index (Phi) is 4.60. The summed E-state index contributed by atoms with van der Waals surface area (Å²) in [5.74, 6) is 0. The average Bonchev–Trinajstić information content (AvgIpc) is 2.76. The van der Waals surface area contributed by atoms with Crippen LogP contribution in [0.4, 0.5) is 0 Å². The van der Waals surface area contributed by atoms with Crippen molar-refractivity contribution >= 4 is 27.3 Å². The molecule has 2 unspecified atom stereocenters. The molecular formula is C15H18BrNS. The normalized spacial score (nSPS) is 14.4. The van der Waals surface area contributed by atoms with Gasteiger partial charge in [-0.1, -0.05) is 34.1 Å². The number of aryl methyl sites for hydroxylation is 1. The molecule has 2 atom stereocenters. The Balaban J connectivity index is 2.11. The van der Waals surface area contributed by atoms with Crippen molar-refractivity contribution in [1.82, 2.24) is 5.32 Å². The molecule has 0 aliphatic carbocycles. The number of halogens is 1. The van der Waals surface area contributed by atoms with Gasteiger partial charge in [0.1, 0.15) is 0 Å². The lowest BCUT2D eigenvalue weighted by molar-refractivity contribution is 0.497. The molecule has 0 saturated heterocycles. The van der Waals surface area contributed by atoms with E-state index in [4.69, 9.17) is 0 Å². The zero-order chi connectivity index (χ0) is 13.1. The quantitative estimate of drug-likeness (QED) is 0.812. The molecule has 0 radical (unpaired) electrons. The maximum absolute atomic E-state index is 3.66. The van der Waals surface area contributed by atoms with Gasteiger partial charge in [0.25, 0.3) is 0 Å². The fourth-order valence-electron chi connectivity index (χ4n) is 2.19. The van der Waals surface area contributed by atoms with E-state index in [1.807, 2.05) is 17.4 Å². The smallest absolute Gasteiger partial charge is 0.0393 e.